The Labute approximate surface area is 171 Å². The standard InChI is InChI=1S/C22H29N3O4/c1-15(2)14-24(4)21(27)22(28)10-12-25(13-11-22)20(26)18-16(3)29-23-19(18)17-8-6-5-7-9-17/h5-9,15,28H,10-14H2,1-4H3. The molecular formula is C22H29N3O4. The van der Waals surface area contributed by atoms with Crippen LogP contribution in [0.5, 0.6) is 0 Å². The van der Waals surface area contributed by atoms with Crippen molar-refractivity contribution in [3.05, 3.63) is 41.7 Å². The van der Waals surface area contributed by atoms with Crippen molar-refractivity contribution in [2.24, 2.45) is 5.92 Å². The summed E-state index contributed by atoms with van der Waals surface area (Å²) in [5.41, 5.74) is 0.338. The quantitative estimate of drug-likeness (QED) is 0.835. The van der Waals surface area contributed by atoms with Gasteiger partial charge in [0.05, 0.1) is 0 Å². The van der Waals surface area contributed by atoms with Crippen molar-refractivity contribution in [2.45, 2.75) is 39.2 Å². The molecule has 1 aliphatic heterocycles. The average Bonchev–Trinajstić information content (AvgIpc) is 3.09. The number of aryl methyl sites for hydroxylation is 1. The van der Waals surface area contributed by atoms with Gasteiger partial charge >= 0.3 is 0 Å². The number of carbonyl (C=O) groups excluding carboxylic acids is 2. The Bertz CT molecular complexity index is 867. The molecule has 3 rings (SSSR count). The maximum atomic E-state index is 13.2. The minimum Gasteiger partial charge on any atom is -0.380 e. The van der Waals surface area contributed by atoms with Crippen LogP contribution in [-0.2, 0) is 4.79 Å². The van der Waals surface area contributed by atoms with Crippen molar-refractivity contribution in [3.63, 3.8) is 0 Å². The Kier molecular flexibility index (Phi) is 6.07. The molecule has 0 bridgehead atoms. The van der Waals surface area contributed by atoms with Crippen LogP contribution in [0.1, 0.15) is 42.8 Å². The number of aliphatic hydroxyl groups is 1. The molecule has 156 valence electrons. The van der Waals surface area contributed by atoms with Crippen LogP contribution in [0, 0.1) is 12.8 Å². The van der Waals surface area contributed by atoms with E-state index < -0.39 is 5.60 Å². The second kappa shape index (κ2) is 8.37. The fourth-order valence-electron chi connectivity index (χ4n) is 3.85. The van der Waals surface area contributed by atoms with Crippen LogP contribution < -0.4 is 0 Å². The monoisotopic (exact) mass is 399 g/mol. The Hall–Kier alpha value is -2.67. The molecule has 1 aliphatic rings. The molecule has 1 aromatic carbocycles. The maximum absolute atomic E-state index is 13.2. The smallest absolute Gasteiger partial charge is 0.259 e. The van der Waals surface area contributed by atoms with Crippen molar-refractivity contribution in [1.82, 2.24) is 15.0 Å². The van der Waals surface area contributed by atoms with E-state index in [9.17, 15) is 14.7 Å². The molecule has 0 unspecified atom stereocenters. The number of hydrogen-bond acceptors (Lipinski definition) is 5. The molecule has 1 N–H and O–H groups in total. The lowest BCUT2D eigenvalue weighted by Gasteiger charge is -2.39. The van der Waals surface area contributed by atoms with Crippen LogP contribution in [0.2, 0.25) is 0 Å². The number of likely N-dealkylation sites (N-methyl/N-ethyl adjacent to an activating group) is 1. The molecule has 1 fully saturated rings. The van der Waals surface area contributed by atoms with Gasteiger partial charge in [-0.2, -0.15) is 0 Å². The third-order valence-corrected chi connectivity index (χ3v) is 5.39. The predicted octanol–water partition coefficient (Wildman–Crippen LogP) is 2.73. The van der Waals surface area contributed by atoms with Gasteiger partial charge in [0, 0.05) is 45.1 Å². The van der Waals surface area contributed by atoms with Gasteiger partial charge in [0.15, 0.2) is 0 Å². The number of hydrogen-bond donors (Lipinski definition) is 1. The minimum absolute atomic E-state index is 0.187. The van der Waals surface area contributed by atoms with Gasteiger partial charge in [-0.1, -0.05) is 49.3 Å². The Morgan fingerprint density at radius 1 is 1.24 bits per heavy atom. The fraction of sp³-hybridized carbons (Fsp3) is 0.500. The zero-order chi connectivity index (χ0) is 21.2. The molecule has 1 saturated heterocycles. The minimum atomic E-state index is -1.42. The van der Waals surface area contributed by atoms with Crippen LogP contribution in [0.4, 0.5) is 0 Å². The van der Waals surface area contributed by atoms with Gasteiger partial charge in [0.2, 0.25) is 0 Å². The second-order valence-electron chi connectivity index (χ2n) is 8.23. The fourth-order valence-corrected chi connectivity index (χ4v) is 3.85. The van der Waals surface area contributed by atoms with E-state index >= 15 is 0 Å². The van der Waals surface area contributed by atoms with Crippen molar-refractivity contribution >= 4 is 11.8 Å². The van der Waals surface area contributed by atoms with Crippen LogP contribution in [-0.4, -0.2) is 64.2 Å². The van der Waals surface area contributed by atoms with E-state index in [2.05, 4.69) is 5.16 Å². The van der Waals surface area contributed by atoms with E-state index in [1.165, 1.54) is 0 Å². The number of amides is 2. The van der Waals surface area contributed by atoms with E-state index in [-0.39, 0.29) is 24.7 Å². The Balaban J connectivity index is 1.73. The first-order valence-corrected chi connectivity index (χ1v) is 10.0. The molecule has 7 heteroatoms. The Morgan fingerprint density at radius 3 is 2.45 bits per heavy atom. The van der Waals surface area contributed by atoms with Crippen LogP contribution >= 0.6 is 0 Å². The summed E-state index contributed by atoms with van der Waals surface area (Å²) < 4.78 is 5.30. The number of aromatic nitrogens is 1. The molecule has 0 spiro atoms. The van der Waals surface area contributed by atoms with E-state index in [0.29, 0.717) is 42.6 Å². The summed E-state index contributed by atoms with van der Waals surface area (Å²) in [6, 6.07) is 9.43. The molecule has 0 aliphatic carbocycles. The summed E-state index contributed by atoms with van der Waals surface area (Å²) in [5, 5.41) is 15.0. The molecule has 0 saturated carbocycles. The zero-order valence-corrected chi connectivity index (χ0v) is 17.5. The number of piperidine rings is 1. The van der Waals surface area contributed by atoms with E-state index in [0.717, 1.165) is 5.56 Å². The maximum Gasteiger partial charge on any atom is 0.259 e. The normalized spacial score (nSPS) is 16.1. The molecule has 7 nitrogen and oxygen atoms in total. The lowest BCUT2D eigenvalue weighted by molar-refractivity contribution is -0.154. The molecule has 2 aromatic rings. The van der Waals surface area contributed by atoms with Crippen molar-refractivity contribution in [2.75, 3.05) is 26.7 Å². The second-order valence-corrected chi connectivity index (χ2v) is 8.23. The molecule has 1 aromatic heterocycles. The summed E-state index contributed by atoms with van der Waals surface area (Å²) in [5.74, 6) is 0.321. The summed E-state index contributed by atoms with van der Waals surface area (Å²) >= 11 is 0. The first kappa shape index (κ1) is 21.0. The predicted molar refractivity (Wildman–Crippen MR) is 109 cm³/mol. The Morgan fingerprint density at radius 2 is 1.86 bits per heavy atom. The summed E-state index contributed by atoms with van der Waals surface area (Å²) in [6.07, 6.45) is 0.427. The average molecular weight is 399 g/mol. The molecule has 29 heavy (non-hydrogen) atoms. The molecular weight excluding hydrogens is 370 g/mol. The first-order valence-electron chi connectivity index (χ1n) is 10.0. The van der Waals surface area contributed by atoms with Crippen molar-refractivity contribution in [1.29, 1.82) is 0 Å². The van der Waals surface area contributed by atoms with E-state index in [1.54, 1.807) is 23.8 Å². The highest BCUT2D eigenvalue weighted by Crippen LogP contribution is 2.30. The van der Waals surface area contributed by atoms with Gasteiger partial charge < -0.3 is 19.4 Å². The molecule has 0 radical (unpaired) electrons. The summed E-state index contributed by atoms with van der Waals surface area (Å²) in [4.78, 5) is 29.1. The number of carbonyl (C=O) groups is 2. The SMILES string of the molecule is Cc1onc(-c2ccccc2)c1C(=O)N1CCC(O)(C(=O)N(C)CC(C)C)CC1. The van der Waals surface area contributed by atoms with E-state index in [1.807, 2.05) is 44.2 Å². The molecule has 2 heterocycles. The molecule has 0 atom stereocenters. The third kappa shape index (κ3) is 4.34. The van der Waals surface area contributed by atoms with Gasteiger partial charge in [-0.15, -0.1) is 0 Å². The van der Waals surface area contributed by atoms with Gasteiger partial charge in [0.25, 0.3) is 11.8 Å². The lowest BCUT2D eigenvalue weighted by atomic mass is 9.89. The van der Waals surface area contributed by atoms with Crippen LogP contribution in [0.15, 0.2) is 34.9 Å². The van der Waals surface area contributed by atoms with E-state index in [4.69, 9.17) is 4.52 Å². The van der Waals surface area contributed by atoms with Crippen LogP contribution in [0.25, 0.3) is 11.3 Å². The largest absolute Gasteiger partial charge is 0.380 e. The lowest BCUT2D eigenvalue weighted by Crippen LogP contribution is -2.55. The highest BCUT2D eigenvalue weighted by Gasteiger charge is 2.42. The van der Waals surface area contributed by atoms with Gasteiger partial charge in [-0.3, -0.25) is 9.59 Å². The van der Waals surface area contributed by atoms with Gasteiger partial charge in [-0.05, 0) is 12.8 Å². The van der Waals surface area contributed by atoms with Gasteiger partial charge in [-0.25, -0.2) is 0 Å². The van der Waals surface area contributed by atoms with Crippen LogP contribution in [0.3, 0.4) is 0 Å². The summed E-state index contributed by atoms with van der Waals surface area (Å²) in [6.45, 7) is 6.97. The number of benzene rings is 1. The van der Waals surface area contributed by atoms with Crippen molar-refractivity contribution in [3.8, 4) is 11.3 Å². The number of likely N-dealkylation sites (tertiary alicyclic amines) is 1. The number of nitrogens with zero attached hydrogens (tertiary/aromatic N) is 3. The highest BCUT2D eigenvalue weighted by molar-refractivity contribution is 6.01. The number of rotatable bonds is 5. The molecule has 2 amide bonds. The van der Waals surface area contributed by atoms with Gasteiger partial charge in [0.1, 0.15) is 22.6 Å². The zero-order valence-electron chi connectivity index (χ0n) is 17.5. The van der Waals surface area contributed by atoms with Crippen molar-refractivity contribution < 1.29 is 19.2 Å². The summed E-state index contributed by atoms with van der Waals surface area (Å²) in [7, 11) is 1.71. The topological polar surface area (TPSA) is 86.9 Å². The highest BCUT2D eigenvalue weighted by atomic mass is 16.5. The third-order valence-electron chi connectivity index (χ3n) is 5.39. The first-order chi connectivity index (χ1) is 13.7.